The molecule has 1 aliphatic rings. The summed E-state index contributed by atoms with van der Waals surface area (Å²) >= 11 is 3.64. The highest BCUT2D eigenvalue weighted by Gasteiger charge is 2.24. The Bertz CT molecular complexity index is 633. The summed E-state index contributed by atoms with van der Waals surface area (Å²) in [5, 5.41) is 6.82. The van der Waals surface area contributed by atoms with Crippen molar-refractivity contribution in [2.45, 2.75) is 39.7 Å². The number of hydrogen-bond donors (Lipinski definition) is 2. The summed E-state index contributed by atoms with van der Waals surface area (Å²) in [4.78, 5) is 21.0. The molecule has 1 atom stereocenters. The molecule has 1 heterocycles. The predicted molar refractivity (Wildman–Crippen MR) is 116 cm³/mol. The van der Waals surface area contributed by atoms with Crippen molar-refractivity contribution in [1.82, 2.24) is 15.5 Å². The Morgan fingerprint density at radius 3 is 2.70 bits per heavy atom. The minimum absolute atomic E-state index is 0.167. The van der Waals surface area contributed by atoms with Gasteiger partial charge in [0.1, 0.15) is 0 Å². The third-order valence-electron chi connectivity index (χ3n) is 4.78. The van der Waals surface area contributed by atoms with E-state index in [1.54, 1.807) is 0 Å². The van der Waals surface area contributed by atoms with Crippen molar-refractivity contribution in [2.24, 2.45) is 4.99 Å². The zero-order chi connectivity index (χ0) is 19.6. The molecule has 0 spiro atoms. The first-order chi connectivity index (χ1) is 13.1. The summed E-state index contributed by atoms with van der Waals surface area (Å²) < 4.78 is 1.13. The molecule has 1 aromatic rings. The molecule has 0 aromatic heterocycles. The fourth-order valence-electron chi connectivity index (χ4n) is 3.32. The minimum Gasteiger partial charge on any atom is -0.368 e. The lowest BCUT2D eigenvalue weighted by molar-refractivity contribution is -0.130. The predicted octanol–water partition coefficient (Wildman–Crippen LogP) is 2.84. The van der Waals surface area contributed by atoms with Crippen LogP contribution in [0.4, 0.5) is 5.69 Å². The van der Waals surface area contributed by atoms with Crippen molar-refractivity contribution >= 4 is 33.5 Å². The molecule has 27 heavy (non-hydrogen) atoms. The molecule has 150 valence electrons. The van der Waals surface area contributed by atoms with E-state index in [0.717, 1.165) is 49.6 Å². The average molecular weight is 438 g/mol. The fourth-order valence-corrected chi connectivity index (χ4v) is 3.85. The van der Waals surface area contributed by atoms with Crippen molar-refractivity contribution in [3.05, 3.63) is 28.7 Å². The Balaban J connectivity index is 1.88. The van der Waals surface area contributed by atoms with Gasteiger partial charge in [0.05, 0.1) is 12.2 Å². The van der Waals surface area contributed by atoms with Crippen LogP contribution in [0.1, 0.15) is 33.6 Å². The molecule has 1 fully saturated rings. The molecular weight excluding hydrogens is 406 g/mol. The van der Waals surface area contributed by atoms with Crippen LogP contribution >= 0.6 is 15.9 Å². The van der Waals surface area contributed by atoms with Crippen LogP contribution in [-0.4, -0.2) is 62.1 Å². The number of carbonyl (C=O) groups excluding carboxylic acids is 1. The standard InChI is InChI=1S/C20H32BrN5O/c1-4-22-20(23-13-11-19(27)25(5-2)6-3)24-16-12-14-26(15-16)18-10-8-7-9-17(18)21/h7-10,16H,4-6,11-15H2,1-3H3,(H2,22,23,24). The van der Waals surface area contributed by atoms with Crippen molar-refractivity contribution in [2.75, 3.05) is 44.2 Å². The molecule has 2 rings (SSSR count). The number of rotatable bonds is 8. The first-order valence-corrected chi connectivity index (χ1v) is 10.7. The number of nitrogens with zero attached hydrogens (tertiary/aromatic N) is 3. The Morgan fingerprint density at radius 1 is 1.30 bits per heavy atom. The second kappa shape index (κ2) is 11.2. The summed E-state index contributed by atoms with van der Waals surface area (Å²) in [5.74, 6) is 0.962. The molecule has 0 aliphatic carbocycles. The van der Waals surface area contributed by atoms with Crippen LogP contribution in [-0.2, 0) is 4.79 Å². The number of carbonyl (C=O) groups is 1. The molecule has 2 N–H and O–H groups in total. The van der Waals surface area contributed by atoms with E-state index in [0.29, 0.717) is 19.0 Å². The molecule has 1 amide bonds. The van der Waals surface area contributed by atoms with Gasteiger partial charge in [0.15, 0.2) is 5.96 Å². The molecule has 7 heteroatoms. The van der Waals surface area contributed by atoms with Gasteiger partial charge in [0.2, 0.25) is 5.91 Å². The quantitative estimate of drug-likeness (QED) is 0.484. The molecule has 1 unspecified atom stereocenters. The maximum atomic E-state index is 12.1. The lowest BCUT2D eigenvalue weighted by atomic mass is 10.2. The number of halogens is 1. The van der Waals surface area contributed by atoms with E-state index in [2.05, 4.69) is 61.6 Å². The number of para-hydroxylation sites is 1. The zero-order valence-corrected chi connectivity index (χ0v) is 18.3. The Labute approximate surface area is 171 Å². The van der Waals surface area contributed by atoms with E-state index in [1.165, 1.54) is 5.69 Å². The monoisotopic (exact) mass is 437 g/mol. The number of amides is 1. The number of aliphatic imine (C=N–C) groups is 1. The van der Waals surface area contributed by atoms with Crippen molar-refractivity contribution in [3.63, 3.8) is 0 Å². The molecule has 0 bridgehead atoms. The number of benzene rings is 1. The first-order valence-electron chi connectivity index (χ1n) is 9.91. The van der Waals surface area contributed by atoms with Gasteiger partial charge in [-0.2, -0.15) is 0 Å². The normalized spacial score (nSPS) is 17.1. The Hall–Kier alpha value is -1.76. The maximum absolute atomic E-state index is 12.1. The second-order valence-corrected chi connectivity index (χ2v) is 7.46. The third kappa shape index (κ3) is 6.41. The van der Waals surface area contributed by atoms with Gasteiger partial charge < -0.3 is 20.4 Å². The van der Waals surface area contributed by atoms with E-state index in [9.17, 15) is 4.79 Å². The summed E-state index contributed by atoms with van der Waals surface area (Å²) in [6.45, 7) is 10.8. The molecule has 1 aromatic carbocycles. The van der Waals surface area contributed by atoms with Gasteiger partial charge >= 0.3 is 0 Å². The van der Waals surface area contributed by atoms with Gasteiger partial charge in [-0.1, -0.05) is 12.1 Å². The highest BCUT2D eigenvalue weighted by atomic mass is 79.9. The highest BCUT2D eigenvalue weighted by Crippen LogP contribution is 2.28. The Morgan fingerprint density at radius 2 is 2.04 bits per heavy atom. The number of hydrogen-bond acceptors (Lipinski definition) is 3. The lowest BCUT2D eigenvalue weighted by Gasteiger charge is -2.21. The lowest BCUT2D eigenvalue weighted by Crippen LogP contribution is -2.44. The molecule has 6 nitrogen and oxygen atoms in total. The Kier molecular flexibility index (Phi) is 8.91. The van der Waals surface area contributed by atoms with Crippen LogP contribution in [0.5, 0.6) is 0 Å². The van der Waals surface area contributed by atoms with E-state index < -0.39 is 0 Å². The van der Waals surface area contributed by atoms with Crippen LogP contribution in [0.25, 0.3) is 0 Å². The topological polar surface area (TPSA) is 60.0 Å². The summed E-state index contributed by atoms with van der Waals surface area (Å²) in [7, 11) is 0. The average Bonchev–Trinajstić information content (AvgIpc) is 3.11. The van der Waals surface area contributed by atoms with E-state index in [1.807, 2.05) is 24.8 Å². The minimum atomic E-state index is 0.167. The van der Waals surface area contributed by atoms with Gasteiger partial charge in [-0.3, -0.25) is 9.79 Å². The van der Waals surface area contributed by atoms with Crippen molar-refractivity contribution in [1.29, 1.82) is 0 Å². The van der Waals surface area contributed by atoms with Crippen molar-refractivity contribution < 1.29 is 4.79 Å². The molecule has 0 radical (unpaired) electrons. The zero-order valence-electron chi connectivity index (χ0n) is 16.7. The number of guanidine groups is 1. The number of anilines is 1. The van der Waals surface area contributed by atoms with Gasteiger partial charge in [-0.25, -0.2) is 0 Å². The van der Waals surface area contributed by atoms with Crippen LogP contribution in [0, 0.1) is 0 Å². The molecule has 1 aliphatic heterocycles. The van der Waals surface area contributed by atoms with E-state index >= 15 is 0 Å². The smallest absolute Gasteiger partial charge is 0.224 e. The fraction of sp³-hybridized carbons (Fsp3) is 0.600. The third-order valence-corrected chi connectivity index (χ3v) is 5.45. The second-order valence-electron chi connectivity index (χ2n) is 6.60. The van der Waals surface area contributed by atoms with Crippen LogP contribution in [0.2, 0.25) is 0 Å². The van der Waals surface area contributed by atoms with Gasteiger partial charge in [-0.05, 0) is 55.3 Å². The molecule has 1 saturated heterocycles. The van der Waals surface area contributed by atoms with E-state index in [4.69, 9.17) is 0 Å². The summed E-state index contributed by atoms with van der Waals surface area (Å²) in [6, 6.07) is 8.67. The first kappa shape index (κ1) is 21.5. The summed E-state index contributed by atoms with van der Waals surface area (Å²) in [5.41, 5.74) is 1.23. The SMILES string of the molecule is CCNC(=NCCC(=O)N(CC)CC)NC1CCN(c2ccccc2Br)C1. The van der Waals surface area contributed by atoms with Gasteiger partial charge in [-0.15, -0.1) is 0 Å². The van der Waals surface area contributed by atoms with Crippen molar-refractivity contribution in [3.8, 4) is 0 Å². The van der Waals surface area contributed by atoms with Crippen LogP contribution in [0.15, 0.2) is 33.7 Å². The molecule has 0 saturated carbocycles. The van der Waals surface area contributed by atoms with E-state index in [-0.39, 0.29) is 5.91 Å². The van der Waals surface area contributed by atoms with Gasteiger partial charge in [0, 0.05) is 49.7 Å². The summed E-state index contributed by atoms with van der Waals surface area (Å²) in [6.07, 6.45) is 1.51. The van der Waals surface area contributed by atoms with Crippen LogP contribution in [0.3, 0.4) is 0 Å². The number of nitrogens with one attached hydrogen (secondary N) is 2. The highest BCUT2D eigenvalue weighted by molar-refractivity contribution is 9.10. The molecular formula is C20H32BrN5O. The largest absolute Gasteiger partial charge is 0.368 e. The maximum Gasteiger partial charge on any atom is 0.224 e. The van der Waals surface area contributed by atoms with Gasteiger partial charge in [0.25, 0.3) is 0 Å². The van der Waals surface area contributed by atoms with Crippen LogP contribution < -0.4 is 15.5 Å².